The van der Waals surface area contributed by atoms with Gasteiger partial charge >= 0.3 is 5.97 Å². The van der Waals surface area contributed by atoms with E-state index in [9.17, 15) is 13.6 Å². The lowest BCUT2D eigenvalue weighted by Gasteiger charge is -2.13. The fraction of sp³-hybridized carbons (Fsp3) is 0.350. The zero-order valence-electron chi connectivity index (χ0n) is 14.4. The van der Waals surface area contributed by atoms with E-state index >= 15 is 0 Å². The van der Waals surface area contributed by atoms with Crippen molar-refractivity contribution in [2.45, 2.75) is 38.5 Å². The summed E-state index contributed by atoms with van der Waals surface area (Å²) in [5, 5.41) is 10.6. The summed E-state index contributed by atoms with van der Waals surface area (Å²) in [6.07, 6.45) is 0.0252. The number of carboxylic acid groups (broad SMARTS) is 1. The fourth-order valence-electron chi connectivity index (χ4n) is 3.16. The van der Waals surface area contributed by atoms with Gasteiger partial charge in [0, 0.05) is 24.1 Å². The first-order valence-corrected chi connectivity index (χ1v) is 9.29. The summed E-state index contributed by atoms with van der Waals surface area (Å²) in [6, 6.07) is 9.22. The van der Waals surface area contributed by atoms with E-state index in [4.69, 9.17) is 9.84 Å². The molecular weight excluding hydrogens is 358 g/mol. The number of allylic oxidation sites excluding steroid dienone is 1. The lowest BCUT2D eigenvalue weighted by molar-refractivity contribution is -0.136. The van der Waals surface area contributed by atoms with Gasteiger partial charge in [-0.05, 0) is 53.1 Å². The average molecular weight is 378 g/mol. The Morgan fingerprint density at radius 1 is 1.31 bits per heavy atom. The smallest absolute Gasteiger partial charge is 0.303 e. The van der Waals surface area contributed by atoms with Crippen molar-refractivity contribution in [3.8, 4) is 5.75 Å². The molecular formula is C20H20F2O3S. The number of carbonyl (C=O) groups is 1. The van der Waals surface area contributed by atoms with Crippen LogP contribution in [0.25, 0.3) is 5.57 Å². The standard InChI is InChI=1S/C20H20F2O3S/c1-13-9-14(5-7-19(23)24)4-6-17(13)25-12-15-10-20(21,22)11-16(15)18-3-2-8-26-18/h2-4,6,8-9H,5,7,10-12H2,1H3,(H,23,24). The van der Waals surface area contributed by atoms with Crippen LogP contribution < -0.4 is 4.74 Å². The summed E-state index contributed by atoms with van der Waals surface area (Å²) in [6.45, 7) is 2.01. The van der Waals surface area contributed by atoms with Gasteiger partial charge in [-0.1, -0.05) is 18.2 Å². The largest absolute Gasteiger partial charge is 0.489 e. The predicted octanol–water partition coefficient (Wildman–Crippen LogP) is 5.34. The Bertz CT molecular complexity index is 826. The molecule has 1 aliphatic carbocycles. The van der Waals surface area contributed by atoms with E-state index in [0.29, 0.717) is 23.3 Å². The van der Waals surface area contributed by atoms with Crippen molar-refractivity contribution in [1.29, 1.82) is 0 Å². The number of ether oxygens (including phenoxy) is 1. The number of aliphatic carboxylic acids is 1. The molecule has 0 radical (unpaired) electrons. The van der Waals surface area contributed by atoms with E-state index in [1.165, 1.54) is 11.3 Å². The second-order valence-corrected chi connectivity index (χ2v) is 7.50. The molecule has 0 atom stereocenters. The van der Waals surface area contributed by atoms with Crippen LogP contribution in [0.5, 0.6) is 5.75 Å². The monoisotopic (exact) mass is 378 g/mol. The van der Waals surface area contributed by atoms with Crippen LogP contribution in [0, 0.1) is 6.92 Å². The van der Waals surface area contributed by atoms with Crippen LogP contribution in [0.2, 0.25) is 0 Å². The van der Waals surface area contributed by atoms with Gasteiger partial charge < -0.3 is 9.84 Å². The maximum absolute atomic E-state index is 13.9. The molecule has 3 nitrogen and oxygen atoms in total. The van der Waals surface area contributed by atoms with Crippen LogP contribution in [0.4, 0.5) is 8.78 Å². The van der Waals surface area contributed by atoms with E-state index in [0.717, 1.165) is 16.0 Å². The van der Waals surface area contributed by atoms with Gasteiger partial charge in [-0.2, -0.15) is 0 Å². The van der Waals surface area contributed by atoms with Crippen molar-refractivity contribution in [1.82, 2.24) is 0 Å². The number of hydrogen-bond acceptors (Lipinski definition) is 3. The summed E-state index contributed by atoms with van der Waals surface area (Å²) in [7, 11) is 0. The number of alkyl halides is 2. The third kappa shape index (κ3) is 4.49. The van der Waals surface area contributed by atoms with E-state index < -0.39 is 11.9 Å². The first-order valence-electron chi connectivity index (χ1n) is 8.41. The second-order valence-electron chi connectivity index (χ2n) is 6.55. The Hall–Kier alpha value is -2.21. The summed E-state index contributed by atoms with van der Waals surface area (Å²) >= 11 is 1.46. The Kier molecular flexibility index (Phi) is 5.41. The molecule has 0 fully saturated rings. The molecule has 1 aromatic carbocycles. The molecule has 2 aromatic rings. The van der Waals surface area contributed by atoms with Crippen LogP contribution >= 0.6 is 11.3 Å². The molecule has 0 bridgehead atoms. The highest BCUT2D eigenvalue weighted by Crippen LogP contribution is 2.45. The molecule has 138 valence electrons. The number of carboxylic acids is 1. The van der Waals surface area contributed by atoms with Gasteiger partial charge in [0.25, 0.3) is 5.92 Å². The summed E-state index contributed by atoms with van der Waals surface area (Å²) in [4.78, 5) is 11.5. The number of aryl methyl sites for hydroxylation is 2. The number of rotatable bonds is 7. The molecule has 0 spiro atoms. The van der Waals surface area contributed by atoms with Gasteiger partial charge in [0.15, 0.2) is 0 Å². The minimum atomic E-state index is -2.71. The number of benzene rings is 1. The summed E-state index contributed by atoms with van der Waals surface area (Å²) in [5.74, 6) is -2.91. The fourth-order valence-corrected chi connectivity index (χ4v) is 3.98. The first kappa shape index (κ1) is 18.6. The molecule has 0 unspecified atom stereocenters. The third-order valence-corrected chi connectivity index (χ3v) is 5.35. The Morgan fingerprint density at radius 2 is 2.12 bits per heavy atom. The van der Waals surface area contributed by atoms with Crippen molar-refractivity contribution in [3.63, 3.8) is 0 Å². The Labute approximate surface area is 154 Å². The SMILES string of the molecule is Cc1cc(CCC(=O)O)ccc1OCC1=C(c2cccs2)CC(F)(F)C1. The summed E-state index contributed by atoms with van der Waals surface area (Å²) in [5.41, 5.74) is 3.13. The van der Waals surface area contributed by atoms with Crippen molar-refractivity contribution < 1.29 is 23.4 Å². The molecule has 6 heteroatoms. The summed E-state index contributed by atoms with van der Waals surface area (Å²) < 4.78 is 33.6. The van der Waals surface area contributed by atoms with E-state index in [1.54, 1.807) is 6.07 Å². The van der Waals surface area contributed by atoms with Crippen molar-refractivity contribution in [3.05, 3.63) is 57.3 Å². The minimum Gasteiger partial charge on any atom is -0.489 e. The quantitative estimate of drug-likeness (QED) is 0.708. The van der Waals surface area contributed by atoms with Crippen LogP contribution in [0.1, 0.15) is 35.3 Å². The van der Waals surface area contributed by atoms with Crippen molar-refractivity contribution >= 4 is 22.9 Å². The highest BCUT2D eigenvalue weighted by atomic mass is 32.1. The molecule has 26 heavy (non-hydrogen) atoms. The molecule has 0 saturated carbocycles. The number of halogens is 2. The molecule has 0 amide bonds. The topological polar surface area (TPSA) is 46.5 Å². The molecule has 1 heterocycles. The number of thiophene rings is 1. The lowest BCUT2D eigenvalue weighted by Crippen LogP contribution is -2.11. The zero-order chi connectivity index (χ0) is 18.7. The van der Waals surface area contributed by atoms with Crippen LogP contribution in [0.3, 0.4) is 0 Å². The number of hydrogen-bond donors (Lipinski definition) is 1. The van der Waals surface area contributed by atoms with Gasteiger partial charge in [0.1, 0.15) is 12.4 Å². The first-order chi connectivity index (χ1) is 12.3. The third-order valence-electron chi connectivity index (χ3n) is 4.42. The highest BCUT2D eigenvalue weighted by molar-refractivity contribution is 7.11. The van der Waals surface area contributed by atoms with Gasteiger partial charge in [-0.15, -0.1) is 11.3 Å². The van der Waals surface area contributed by atoms with Crippen molar-refractivity contribution in [2.24, 2.45) is 0 Å². The highest BCUT2D eigenvalue weighted by Gasteiger charge is 2.39. The van der Waals surface area contributed by atoms with Crippen LogP contribution in [-0.2, 0) is 11.2 Å². The van der Waals surface area contributed by atoms with Gasteiger partial charge in [-0.25, -0.2) is 8.78 Å². The maximum Gasteiger partial charge on any atom is 0.303 e. The lowest BCUT2D eigenvalue weighted by atomic mass is 10.1. The molecule has 0 saturated heterocycles. The van der Waals surface area contributed by atoms with Crippen LogP contribution in [0.15, 0.2) is 41.3 Å². The maximum atomic E-state index is 13.9. The molecule has 1 N–H and O–H groups in total. The zero-order valence-corrected chi connectivity index (χ0v) is 15.2. The van der Waals surface area contributed by atoms with Gasteiger partial charge in [0.2, 0.25) is 0 Å². The Morgan fingerprint density at radius 3 is 2.77 bits per heavy atom. The molecule has 1 aliphatic rings. The van der Waals surface area contributed by atoms with Gasteiger partial charge in [0.05, 0.1) is 0 Å². The van der Waals surface area contributed by atoms with E-state index in [1.807, 2.05) is 36.6 Å². The molecule has 3 rings (SSSR count). The van der Waals surface area contributed by atoms with E-state index in [-0.39, 0.29) is 25.9 Å². The minimum absolute atomic E-state index is 0.0752. The van der Waals surface area contributed by atoms with Crippen LogP contribution in [-0.4, -0.2) is 23.6 Å². The molecule has 0 aliphatic heterocycles. The average Bonchev–Trinajstić information content (AvgIpc) is 3.19. The molecule has 1 aromatic heterocycles. The van der Waals surface area contributed by atoms with E-state index in [2.05, 4.69) is 0 Å². The van der Waals surface area contributed by atoms with Gasteiger partial charge in [-0.3, -0.25) is 4.79 Å². The predicted molar refractivity (Wildman–Crippen MR) is 98.1 cm³/mol. The second kappa shape index (κ2) is 7.58. The Balaban J connectivity index is 1.71. The van der Waals surface area contributed by atoms with Crippen molar-refractivity contribution in [2.75, 3.05) is 6.61 Å². The normalized spacial score (nSPS) is 16.1.